The van der Waals surface area contributed by atoms with E-state index in [0.29, 0.717) is 22.8 Å². The Bertz CT molecular complexity index is 1560. The standard InChI is InChI=1S/C26H22ClF5N4O3S/c1-25(2,3)13-38-20-14(5-4-6-18(20)39-23(28)29)7-8-17-19(36-9-10-40-24(36)34-17)22(37)35-21-16(27)11-15(12-33-21)26(30,31)32/h4-12,23H,13H2,1-3H3,(H,33,35,37). The van der Waals surface area contributed by atoms with E-state index < -0.39 is 29.3 Å². The summed E-state index contributed by atoms with van der Waals surface area (Å²) in [5.41, 5.74) is -0.730. The van der Waals surface area contributed by atoms with Gasteiger partial charge in [-0.05, 0) is 29.7 Å². The number of alkyl halides is 5. The van der Waals surface area contributed by atoms with Crippen molar-refractivity contribution in [3.8, 4) is 11.5 Å². The summed E-state index contributed by atoms with van der Waals surface area (Å²) in [5.74, 6) is -1.08. The molecule has 0 atom stereocenters. The summed E-state index contributed by atoms with van der Waals surface area (Å²) in [7, 11) is 0. The molecule has 7 nitrogen and oxygen atoms in total. The average Bonchev–Trinajstić information content (AvgIpc) is 3.42. The van der Waals surface area contributed by atoms with E-state index in [0.717, 1.165) is 0 Å². The zero-order valence-corrected chi connectivity index (χ0v) is 22.8. The predicted molar refractivity (Wildman–Crippen MR) is 142 cm³/mol. The lowest BCUT2D eigenvalue weighted by Gasteiger charge is -2.21. The van der Waals surface area contributed by atoms with Gasteiger partial charge in [0.15, 0.2) is 22.3 Å². The number of anilines is 1. The van der Waals surface area contributed by atoms with Crippen LogP contribution in [0.3, 0.4) is 0 Å². The number of rotatable bonds is 8. The van der Waals surface area contributed by atoms with E-state index >= 15 is 0 Å². The maximum absolute atomic E-state index is 13.3. The van der Waals surface area contributed by atoms with E-state index in [1.54, 1.807) is 17.6 Å². The molecule has 0 saturated heterocycles. The van der Waals surface area contributed by atoms with Crippen LogP contribution in [0.1, 0.15) is 48.1 Å². The number of imidazole rings is 1. The van der Waals surface area contributed by atoms with Crippen LogP contribution in [0.25, 0.3) is 17.1 Å². The van der Waals surface area contributed by atoms with Crippen molar-refractivity contribution in [2.75, 3.05) is 11.9 Å². The van der Waals surface area contributed by atoms with Gasteiger partial charge >= 0.3 is 12.8 Å². The Balaban J connectivity index is 1.69. The molecule has 0 fully saturated rings. The Morgan fingerprint density at radius 1 is 1.23 bits per heavy atom. The zero-order valence-electron chi connectivity index (χ0n) is 21.2. The Kier molecular flexibility index (Phi) is 8.36. The molecule has 14 heteroatoms. The minimum absolute atomic E-state index is 0.0439. The molecule has 0 saturated carbocycles. The van der Waals surface area contributed by atoms with Crippen LogP contribution in [0.15, 0.2) is 42.0 Å². The fourth-order valence-corrected chi connectivity index (χ4v) is 4.40. The van der Waals surface area contributed by atoms with Gasteiger partial charge in [-0.3, -0.25) is 9.20 Å². The van der Waals surface area contributed by atoms with Crippen molar-refractivity contribution in [3.05, 3.63) is 69.6 Å². The normalized spacial score (nSPS) is 12.4. The second-order valence-corrected chi connectivity index (χ2v) is 10.9. The number of carbonyl (C=O) groups excluding carboxylic acids is 1. The maximum atomic E-state index is 13.3. The van der Waals surface area contributed by atoms with Gasteiger partial charge in [0.1, 0.15) is 5.69 Å². The molecular weight excluding hydrogens is 579 g/mol. The van der Waals surface area contributed by atoms with Gasteiger partial charge in [0.25, 0.3) is 5.91 Å². The van der Waals surface area contributed by atoms with Crippen molar-refractivity contribution in [3.63, 3.8) is 0 Å². The molecule has 1 aromatic carbocycles. The van der Waals surface area contributed by atoms with Crippen LogP contribution in [-0.2, 0) is 6.18 Å². The van der Waals surface area contributed by atoms with Crippen molar-refractivity contribution in [1.29, 1.82) is 0 Å². The number of carbonyl (C=O) groups is 1. The van der Waals surface area contributed by atoms with Gasteiger partial charge in [-0.1, -0.05) is 44.5 Å². The fourth-order valence-electron chi connectivity index (χ4n) is 3.46. The van der Waals surface area contributed by atoms with E-state index in [-0.39, 0.29) is 40.7 Å². The van der Waals surface area contributed by atoms with E-state index in [2.05, 4.69) is 20.0 Å². The number of hydrogen-bond acceptors (Lipinski definition) is 6. The van der Waals surface area contributed by atoms with E-state index in [4.69, 9.17) is 16.3 Å². The van der Waals surface area contributed by atoms with Gasteiger partial charge in [0.05, 0.1) is 22.9 Å². The molecule has 0 bridgehead atoms. The highest BCUT2D eigenvalue weighted by atomic mass is 35.5. The summed E-state index contributed by atoms with van der Waals surface area (Å²) in [6.07, 6.45) is 0.520. The van der Waals surface area contributed by atoms with Crippen LogP contribution in [-0.4, -0.2) is 33.5 Å². The van der Waals surface area contributed by atoms with E-state index in [1.807, 2.05) is 20.8 Å². The molecule has 0 aliphatic carbocycles. The number of thiazole rings is 1. The van der Waals surface area contributed by atoms with Gasteiger partial charge in [-0.2, -0.15) is 22.0 Å². The summed E-state index contributed by atoms with van der Waals surface area (Å²) in [6, 6.07) is 5.15. The minimum Gasteiger partial charge on any atom is -0.489 e. The van der Waals surface area contributed by atoms with Gasteiger partial charge in [0, 0.05) is 23.3 Å². The second-order valence-electron chi connectivity index (χ2n) is 9.64. The Morgan fingerprint density at radius 3 is 2.62 bits per heavy atom. The lowest BCUT2D eigenvalue weighted by molar-refractivity contribution is -0.137. The molecule has 1 N–H and O–H groups in total. The van der Waals surface area contributed by atoms with Crippen molar-refractivity contribution in [2.24, 2.45) is 5.41 Å². The molecule has 212 valence electrons. The first kappa shape index (κ1) is 29.3. The number of fused-ring (bicyclic) bond motifs is 1. The first-order chi connectivity index (χ1) is 18.7. The summed E-state index contributed by atoms with van der Waals surface area (Å²) < 4.78 is 77.0. The number of para-hydroxylation sites is 1. The molecule has 3 heterocycles. The zero-order chi connectivity index (χ0) is 29.2. The van der Waals surface area contributed by atoms with Gasteiger partial charge in [-0.15, -0.1) is 11.3 Å². The highest BCUT2D eigenvalue weighted by Crippen LogP contribution is 2.36. The van der Waals surface area contributed by atoms with Crippen LogP contribution < -0.4 is 14.8 Å². The van der Waals surface area contributed by atoms with Gasteiger partial charge < -0.3 is 14.8 Å². The van der Waals surface area contributed by atoms with E-state index in [9.17, 15) is 26.7 Å². The number of benzene rings is 1. The van der Waals surface area contributed by atoms with Crippen LogP contribution in [0.5, 0.6) is 11.5 Å². The topological polar surface area (TPSA) is 77.8 Å². The van der Waals surface area contributed by atoms with Crippen LogP contribution in [0.2, 0.25) is 5.02 Å². The Labute approximate surface area is 234 Å². The quantitative estimate of drug-likeness (QED) is 0.208. The molecule has 0 unspecified atom stereocenters. The van der Waals surface area contributed by atoms with Crippen LogP contribution in [0.4, 0.5) is 27.8 Å². The molecule has 4 rings (SSSR count). The summed E-state index contributed by atoms with van der Waals surface area (Å²) >= 11 is 7.20. The van der Waals surface area contributed by atoms with Crippen LogP contribution >= 0.6 is 22.9 Å². The van der Waals surface area contributed by atoms with Gasteiger partial charge in [0.2, 0.25) is 0 Å². The summed E-state index contributed by atoms with van der Waals surface area (Å²) in [5, 5.41) is 3.72. The number of amides is 1. The van der Waals surface area contributed by atoms with Crippen molar-refractivity contribution >= 4 is 51.8 Å². The summed E-state index contributed by atoms with van der Waals surface area (Å²) in [4.78, 5) is 21.8. The molecular formula is C26H22ClF5N4O3S. The number of pyridine rings is 1. The number of halogens is 6. The van der Waals surface area contributed by atoms with Crippen molar-refractivity contribution < 1.29 is 36.2 Å². The number of aromatic nitrogens is 3. The molecule has 1 amide bonds. The molecule has 0 aliphatic rings. The third-order valence-corrected chi connectivity index (χ3v) is 6.25. The number of nitrogens with zero attached hydrogens (tertiary/aromatic N) is 3. The molecule has 40 heavy (non-hydrogen) atoms. The largest absolute Gasteiger partial charge is 0.489 e. The Morgan fingerprint density at radius 2 is 1.98 bits per heavy atom. The highest BCUT2D eigenvalue weighted by Gasteiger charge is 2.32. The number of ether oxygens (including phenoxy) is 2. The molecule has 3 aromatic heterocycles. The van der Waals surface area contributed by atoms with E-state index in [1.165, 1.54) is 40.0 Å². The lowest BCUT2D eigenvalue weighted by atomic mass is 9.98. The average molecular weight is 601 g/mol. The minimum atomic E-state index is -4.65. The molecule has 0 aliphatic heterocycles. The van der Waals surface area contributed by atoms with Gasteiger partial charge in [-0.25, -0.2) is 9.97 Å². The Hall–Kier alpha value is -3.71. The molecule has 4 aromatic rings. The highest BCUT2D eigenvalue weighted by molar-refractivity contribution is 7.15. The maximum Gasteiger partial charge on any atom is 0.417 e. The third kappa shape index (κ3) is 6.89. The molecule has 0 spiro atoms. The first-order valence-electron chi connectivity index (χ1n) is 11.6. The van der Waals surface area contributed by atoms with Crippen LogP contribution in [0, 0.1) is 5.41 Å². The SMILES string of the molecule is CC(C)(C)COc1c(C=Cc2nc3sccn3c2C(=O)Nc2ncc(C(F)(F)F)cc2Cl)cccc1OC(F)F. The van der Waals surface area contributed by atoms with Crippen molar-refractivity contribution in [2.45, 2.75) is 33.6 Å². The fraction of sp³-hybridized carbons (Fsp3) is 0.269. The monoisotopic (exact) mass is 600 g/mol. The smallest absolute Gasteiger partial charge is 0.417 e. The number of nitrogens with one attached hydrogen (secondary N) is 1. The summed E-state index contributed by atoms with van der Waals surface area (Å²) in [6.45, 7) is 2.88. The predicted octanol–water partition coefficient (Wildman–Crippen LogP) is 7.91. The van der Waals surface area contributed by atoms with Crippen molar-refractivity contribution in [1.82, 2.24) is 14.4 Å². The number of hydrogen-bond donors (Lipinski definition) is 1. The first-order valence-corrected chi connectivity index (χ1v) is 12.9. The lowest BCUT2D eigenvalue weighted by Crippen LogP contribution is -2.18. The second kappa shape index (κ2) is 11.4. The molecule has 0 radical (unpaired) electrons. The third-order valence-electron chi connectivity index (χ3n) is 5.20.